The van der Waals surface area contributed by atoms with Crippen LogP contribution in [0.15, 0.2) is 18.2 Å². The van der Waals surface area contributed by atoms with Crippen molar-refractivity contribution in [2.45, 2.75) is 13.8 Å². The molecule has 0 aliphatic carbocycles. The fourth-order valence-electron chi connectivity index (χ4n) is 1.58. The maximum Gasteiger partial charge on any atom is 0.120 e. The quantitative estimate of drug-likeness (QED) is 0.708. The van der Waals surface area contributed by atoms with Gasteiger partial charge in [-0.2, -0.15) is 0 Å². The first kappa shape index (κ1) is 8.17. The molecule has 1 aromatic carbocycles. The van der Waals surface area contributed by atoms with Crippen LogP contribution in [-0.2, 0) is 0 Å². The summed E-state index contributed by atoms with van der Waals surface area (Å²) in [6.45, 7) is 4.21. The van der Waals surface area contributed by atoms with Crippen LogP contribution in [0.2, 0.25) is 0 Å². The summed E-state index contributed by atoms with van der Waals surface area (Å²) in [4.78, 5) is 3.32. The van der Waals surface area contributed by atoms with Gasteiger partial charge in [-0.25, -0.2) is 0 Å². The van der Waals surface area contributed by atoms with Crippen molar-refractivity contribution in [3.8, 4) is 5.75 Å². The predicted molar refractivity (Wildman–Crippen MR) is 54.3 cm³/mol. The third-order valence-corrected chi connectivity index (χ3v) is 2.52. The van der Waals surface area contributed by atoms with E-state index >= 15 is 0 Å². The molecule has 0 atom stereocenters. The second kappa shape index (κ2) is 2.80. The van der Waals surface area contributed by atoms with Crippen LogP contribution < -0.4 is 4.74 Å². The van der Waals surface area contributed by atoms with Crippen molar-refractivity contribution < 1.29 is 4.74 Å². The molecule has 2 heteroatoms. The molecule has 2 nitrogen and oxygen atoms in total. The van der Waals surface area contributed by atoms with Crippen molar-refractivity contribution in [3.63, 3.8) is 0 Å². The molecular weight excluding hydrogens is 162 g/mol. The summed E-state index contributed by atoms with van der Waals surface area (Å²) in [5.74, 6) is 0.897. The Morgan fingerprint density at radius 1 is 1.23 bits per heavy atom. The normalized spacial score (nSPS) is 10.7. The molecule has 68 valence electrons. The van der Waals surface area contributed by atoms with Gasteiger partial charge in [0.15, 0.2) is 0 Å². The van der Waals surface area contributed by atoms with Crippen molar-refractivity contribution in [3.05, 3.63) is 29.5 Å². The highest BCUT2D eigenvalue weighted by atomic mass is 16.5. The van der Waals surface area contributed by atoms with Crippen molar-refractivity contribution in [1.82, 2.24) is 4.98 Å². The van der Waals surface area contributed by atoms with E-state index in [0.29, 0.717) is 0 Å². The number of benzene rings is 1. The summed E-state index contributed by atoms with van der Waals surface area (Å²) in [6.07, 6.45) is 0. The van der Waals surface area contributed by atoms with Gasteiger partial charge in [0, 0.05) is 22.7 Å². The molecular formula is C11H13NO. The number of hydrogen-bond donors (Lipinski definition) is 1. The first-order valence-corrected chi connectivity index (χ1v) is 4.35. The van der Waals surface area contributed by atoms with Crippen LogP contribution in [0.3, 0.4) is 0 Å². The molecule has 2 aromatic rings. The summed E-state index contributed by atoms with van der Waals surface area (Å²) >= 11 is 0. The molecule has 0 aliphatic rings. The van der Waals surface area contributed by atoms with Crippen LogP contribution in [0.1, 0.15) is 11.3 Å². The van der Waals surface area contributed by atoms with Gasteiger partial charge in [0.1, 0.15) is 5.75 Å². The zero-order valence-electron chi connectivity index (χ0n) is 8.14. The lowest BCUT2D eigenvalue weighted by Gasteiger charge is -1.98. The minimum Gasteiger partial charge on any atom is -0.497 e. The van der Waals surface area contributed by atoms with Crippen LogP contribution in [0.25, 0.3) is 10.9 Å². The van der Waals surface area contributed by atoms with Crippen molar-refractivity contribution in [2.24, 2.45) is 0 Å². The molecule has 1 N–H and O–H groups in total. The Labute approximate surface area is 77.5 Å². The minimum atomic E-state index is 0.897. The van der Waals surface area contributed by atoms with Gasteiger partial charge in [-0.15, -0.1) is 0 Å². The lowest BCUT2D eigenvalue weighted by atomic mass is 10.1. The molecule has 2 rings (SSSR count). The Balaban J connectivity index is 2.73. The van der Waals surface area contributed by atoms with Gasteiger partial charge >= 0.3 is 0 Å². The van der Waals surface area contributed by atoms with Crippen molar-refractivity contribution >= 4 is 10.9 Å². The molecule has 1 aromatic heterocycles. The number of fused-ring (bicyclic) bond motifs is 1. The maximum absolute atomic E-state index is 5.15. The molecule has 0 bridgehead atoms. The Morgan fingerprint density at radius 2 is 2.00 bits per heavy atom. The Morgan fingerprint density at radius 3 is 2.69 bits per heavy atom. The van der Waals surface area contributed by atoms with Gasteiger partial charge in [-0.05, 0) is 31.5 Å². The number of methoxy groups -OCH3 is 1. The average Bonchev–Trinajstić information content (AvgIpc) is 2.42. The lowest BCUT2D eigenvalue weighted by Crippen LogP contribution is -1.81. The van der Waals surface area contributed by atoms with E-state index in [1.807, 2.05) is 12.1 Å². The first-order chi connectivity index (χ1) is 6.22. The zero-order valence-corrected chi connectivity index (χ0v) is 8.14. The fraction of sp³-hybridized carbons (Fsp3) is 0.273. The van der Waals surface area contributed by atoms with E-state index in [0.717, 1.165) is 11.3 Å². The molecule has 0 unspecified atom stereocenters. The molecule has 0 radical (unpaired) electrons. The monoisotopic (exact) mass is 175 g/mol. The minimum absolute atomic E-state index is 0.897. The standard InChI is InChI=1S/C11H13NO/c1-7-8(2)12-11-6-9(13-3)4-5-10(7)11/h4-6,12H,1-3H3. The fourth-order valence-corrected chi connectivity index (χ4v) is 1.58. The van der Waals surface area contributed by atoms with Crippen LogP contribution in [0.5, 0.6) is 5.75 Å². The van der Waals surface area contributed by atoms with Crippen LogP contribution in [0.4, 0.5) is 0 Å². The van der Waals surface area contributed by atoms with Crippen LogP contribution in [-0.4, -0.2) is 12.1 Å². The largest absolute Gasteiger partial charge is 0.497 e. The zero-order chi connectivity index (χ0) is 9.42. The molecule has 0 saturated heterocycles. The SMILES string of the molecule is COc1ccc2c(C)c(C)[nH]c2c1. The van der Waals surface area contributed by atoms with E-state index in [-0.39, 0.29) is 0 Å². The summed E-state index contributed by atoms with van der Waals surface area (Å²) in [7, 11) is 1.68. The van der Waals surface area contributed by atoms with Crippen LogP contribution >= 0.6 is 0 Å². The van der Waals surface area contributed by atoms with Gasteiger partial charge in [-0.1, -0.05) is 0 Å². The third-order valence-electron chi connectivity index (χ3n) is 2.52. The number of H-pyrrole nitrogens is 1. The summed E-state index contributed by atoms with van der Waals surface area (Å²) < 4.78 is 5.15. The topological polar surface area (TPSA) is 25.0 Å². The van der Waals surface area contributed by atoms with Gasteiger partial charge < -0.3 is 9.72 Å². The first-order valence-electron chi connectivity index (χ1n) is 4.35. The van der Waals surface area contributed by atoms with Crippen molar-refractivity contribution in [2.75, 3.05) is 7.11 Å². The van der Waals surface area contributed by atoms with E-state index in [1.165, 1.54) is 16.6 Å². The number of nitrogens with one attached hydrogen (secondary N) is 1. The Bertz CT molecular complexity index is 443. The molecule has 0 fully saturated rings. The highest BCUT2D eigenvalue weighted by Crippen LogP contribution is 2.24. The molecule has 0 saturated carbocycles. The van der Waals surface area contributed by atoms with E-state index < -0.39 is 0 Å². The molecule has 0 amide bonds. The molecule has 13 heavy (non-hydrogen) atoms. The average molecular weight is 175 g/mol. The number of hydrogen-bond acceptors (Lipinski definition) is 1. The number of aromatic nitrogens is 1. The van der Waals surface area contributed by atoms with E-state index in [2.05, 4.69) is 24.9 Å². The van der Waals surface area contributed by atoms with Gasteiger partial charge in [-0.3, -0.25) is 0 Å². The highest BCUT2D eigenvalue weighted by Gasteiger charge is 2.03. The molecule has 0 aliphatic heterocycles. The molecule has 1 heterocycles. The number of ether oxygens (including phenoxy) is 1. The second-order valence-corrected chi connectivity index (χ2v) is 3.29. The van der Waals surface area contributed by atoms with Gasteiger partial charge in [0.2, 0.25) is 0 Å². The van der Waals surface area contributed by atoms with E-state index in [9.17, 15) is 0 Å². The van der Waals surface area contributed by atoms with Crippen molar-refractivity contribution in [1.29, 1.82) is 0 Å². The Kier molecular flexibility index (Phi) is 1.76. The maximum atomic E-state index is 5.15. The summed E-state index contributed by atoms with van der Waals surface area (Å²) in [5, 5.41) is 1.28. The van der Waals surface area contributed by atoms with Gasteiger partial charge in [0.05, 0.1) is 7.11 Å². The number of aromatic amines is 1. The third kappa shape index (κ3) is 1.18. The lowest BCUT2D eigenvalue weighted by molar-refractivity contribution is 0.415. The second-order valence-electron chi connectivity index (χ2n) is 3.29. The van der Waals surface area contributed by atoms with Crippen LogP contribution in [0, 0.1) is 13.8 Å². The van der Waals surface area contributed by atoms with Gasteiger partial charge in [0.25, 0.3) is 0 Å². The number of aryl methyl sites for hydroxylation is 2. The smallest absolute Gasteiger partial charge is 0.120 e. The highest BCUT2D eigenvalue weighted by molar-refractivity contribution is 5.85. The van der Waals surface area contributed by atoms with E-state index in [1.54, 1.807) is 7.11 Å². The summed E-state index contributed by atoms with van der Waals surface area (Å²) in [5.41, 5.74) is 3.69. The molecule has 0 spiro atoms. The van der Waals surface area contributed by atoms with E-state index in [4.69, 9.17) is 4.74 Å². The number of rotatable bonds is 1. The summed E-state index contributed by atoms with van der Waals surface area (Å²) in [6, 6.07) is 6.10. The predicted octanol–water partition coefficient (Wildman–Crippen LogP) is 2.79. The Hall–Kier alpha value is -1.44.